The van der Waals surface area contributed by atoms with E-state index in [4.69, 9.17) is 0 Å². The van der Waals surface area contributed by atoms with E-state index in [1.54, 1.807) is 7.05 Å². The Morgan fingerprint density at radius 2 is 2.00 bits per heavy atom. The molecule has 0 aromatic rings. The van der Waals surface area contributed by atoms with E-state index in [1.807, 2.05) is 0 Å². The van der Waals surface area contributed by atoms with Gasteiger partial charge in [0.15, 0.2) is 0 Å². The first-order valence-electron chi connectivity index (χ1n) is 3.85. The molecule has 3 N–H and O–H groups in total. The highest BCUT2D eigenvalue weighted by Crippen LogP contribution is 1.72. The number of carbonyl (C=O) groups excluding carboxylic acids is 1. The molecule has 0 aliphatic heterocycles. The highest BCUT2D eigenvalue weighted by atomic mass is 16.2. The molecule has 0 aliphatic carbocycles. The number of urea groups is 1. The van der Waals surface area contributed by atoms with Crippen LogP contribution in [-0.4, -0.2) is 32.2 Å². The summed E-state index contributed by atoms with van der Waals surface area (Å²) >= 11 is 0. The normalized spacial score (nSPS) is 9.82. The smallest absolute Gasteiger partial charge is 0.314 e. The average Bonchev–Trinajstić information content (AvgIpc) is 1.97. The molecule has 0 saturated heterocycles. The lowest BCUT2D eigenvalue weighted by Gasteiger charge is -2.08. The van der Waals surface area contributed by atoms with Gasteiger partial charge in [0, 0.05) is 26.2 Å². The van der Waals surface area contributed by atoms with Crippen molar-refractivity contribution in [1.29, 1.82) is 0 Å². The second-order valence-corrected chi connectivity index (χ2v) is 2.61. The zero-order valence-corrected chi connectivity index (χ0v) is 7.40. The van der Waals surface area contributed by atoms with Crippen molar-refractivity contribution in [3.63, 3.8) is 0 Å². The molecule has 0 aromatic heterocycles. The predicted molar refractivity (Wildman–Crippen MR) is 45.6 cm³/mol. The molecule has 0 bridgehead atoms. The summed E-state index contributed by atoms with van der Waals surface area (Å²) in [4.78, 5) is 10.6. The van der Waals surface area contributed by atoms with E-state index in [0.717, 1.165) is 6.54 Å². The molecule has 0 heterocycles. The zero-order valence-electron chi connectivity index (χ0n) is 7.40. The molecule has 0 radical (unpaired) electrons. The van der Waals surface area contributed by atoms with Crippen molar-refractivity contribution in [2.24, 2.45) is 0 Å². The lowest BCUT2D eigenvalue weighted by Crippen LogP contribution is -2.38. The fourth-order valence-electron chi connectivity index (χ4n) is 0.625. The maximum atomic E-state index is 10.6. The molecular formula is C7H17N3O. The fraction of sp³-hybridized carbons (Fsp3) is 0.857. The van der Waals surface area contributed by atoms with Crippen molar-refractivity contribution in [2.75, 3.05) is 20.1 Å². The van der Waals surface area contributed by atoms with Gasteiger partial charge in [0.25, 0.3) is 0 Å². The van der Waals surface area contributed by atoms with E-state index in [0.29, 0.717) is 12.6 Å². The third kappa shape index (κ3) is 7.12. The topological polar surface area (TPSA) is 53.2 Å². The van der Waals surface area contributed by atoms with Gasteiger partial charge in [0.2, 0.25) is 0 Å². The molecule has 11 heavy (non-hydrogen) atoms. The summed E-state index contributed by atoms with van der Waals surface area (Å²) in [6, 6.07) is 0.344. The summed E-state index contributed by atoms with van der Waals surface area (Å²) in [7, 11) is 1.60. The first kappa shape index (κ1) is 10.2. The molecule has 66 valence electrons. The van der Waals surface area contributed by atoms with Gasteiger partial charge in [-0.25, -0.2) is 4.79 Å². The third-order valence-corrected chi connectivity index (χ3v) is 1.19. The van der Waals surface area contributed by atoms with E-state index >= 15 is 0 Å². The van der Waals surface area contributed by atoms with Crippen LogP contribution >= 0.6 is 0 Å². The Kier molecular flexibility index (Phi) is 5.56. The highest BCUT2D eigenvalue weighted by Gasteiger charge is 1.94. The zero-order chi connectivity index (χ0) is 8.69. The van der Waals surface area contributed by atoms with Crippen LogP contribution in [-0.2, 0) is 0 Å². The Morgan fingerprint density at radius 3 is 2.45 bits per heavy atom. The van der Waals surface area contributed by atoms with Crippen LogP contribution in [0, 0.1) is 0 Å². The third-order valence-electron chi connectivity index (χ3n) is 1.19. The lowest BCUT2D eigenvalue weighted by atomic mass is 10.4. The van der Waals surface area contributed by atoms with Gasteiger partial charge >= 0.3 is 6.03 Å². The molecule has 4 heteroatoms. The molecule has 0 atom stereocenters. The van der Waals surface area contributed by atoms with Crippen molar-refractivity contribution in [1.82, 2.24) is 16.0 Å². The van der Waals surface area contributed by atoms with Gasteiger partial charge in [0.05, 0.1) is 0 Å². The molecule has 0 spiro atoms. The van der Waals surface area contributed by atoms with Gasteiger partial charge in [-0.2, -0.15) is 0 Å². The van der Waals surface area contributed by atoms with E-state index in [2.05, 4.69) is 29.8 Å². The summed E-state index contributed by atoms with van der Waals surface area (Å²) < 4.78 is 0. The number of amides is 2. The molecule has 0 unspecified atom stereocenters. The minimum absolute atomic E-state index is 0.129. The van der Waals surface area contributed by atoms with Crippen molar-refractivity contribution >= 4 is 6.03 Å². The molecule has 4 nitrogen and oxygen atoms in total. The van der Waals surface area contributed by atoms with Crippen molar-refractivity contribution in [3.8, 4) is 0 Å². The number of nitrogens with one attached hydrogen (secondary N) is 3. The molecular weight excluding hydrogens is 142 g/mol. The molecule has 0 fully saturated rings. The van der Waals surface area contributed by atoms with Gasteiger partial charge in [-0.05, 0) is 0 Å². The summed E-state index contributed by atoms with van der Waals surface area (Å²) in [5.74, 6) is 0. The second kappa shape index (κ2) is 5.97. The van der Waals surface area contributed by atoms with Gasteiger partial charge < -0.3 is 16.0 Å². The van der Waals surface area contributed by atoms with E-state index in [9.17, 15) is 4.79 Å². The first-order chi connectivity index (χ1) is 5.16. The summed E-state index contributed by atoms with van der Waals surface area (Å²) in [5, 5.41) is 8.33. The van der Waals surface area contributed by atoms with Gasteiger partial charge in [0.1, 0.15) is 0 Å². The molecule has 0 aliphatic rings. The van der Waals surface area contributed by atoms with E-state index < -0.39 is 0 Å². The van der Waals surface area contributed by atoms with Gasteiger partial charge in [-0.15, -0.1) is 0 Å². The average molecular weight is 159 g/mol. The molecule has 0 saturated carbocycles. The number of hydrogen-bond acceptors (Lipinski definition) is 2. The van der Waals surface area contributed by atoms with Crippen LogP contribution in [0.15, 0.2) is 0 Å². The largest absolute Gasteiger partial charge is 0.341 e. The minimum atomic E-state index is -0.129. The first-order valence-corrected chi connectivity index (χ1v) is 3.85. The van der Waals surface area contributed by atoms with E-state index in [-0.39, 0.29) is 6.03 Å². The van der Waals surface area contributed by atoms with Crippen LogP contribution in [0.1, 0.15) is 13.8 Å². The van der Waals surface area contributed by atoms with Crippen molar-refractivity contribution in [3.05, 3.63) is 0 Å². The maximum Gasteiger partial charge on any atom is 0.314 e. The van der Waals surface area contributed by atoms with Crippen molar-refractivity contribution in [2.45, 2.75) is 19.9 Å². The highest BCUT2D eigenvalue weighted by molar-refractivity contribution is 5.73. The van der Waals surface area contributed by atoms with Gasteiger partial charge in [-0.3, -0.25) is 0 Å². The Morgan fingerprint density at radius 1 is 1.36 bits per heavy atom. The van der Waals surface area contributed by atoms with Crippen LogP contribution in [0.2, 0.25) is 0 Å². The molecule has 0 rings (SSSR count). The number of carbonyl (C=O) groups is 1. The predicted octanol–water partition coefficient (Wildman–Crippen LogP) is -0.0866. The standard InChI is InChI=1S/C7H17N3O/c1-6(2)9-4-5-10-7(11)8-3/h6,9H,4-5H2,1-3H3,(H2,8,10,11). The molecule has 2 amide bonds. The van der Waals surface area contributed by atoms with Crippen LogP contribution in [0.5, 0.6) is 0 Å². The van der Waals surface area contributed by atoms with E-state index in [1.165, 1.54) is 0 Å². The van der Waals surface area contributed by atoms with Crippen LogP contribution in [0.3, 0.4) is 0 Å². The Hall–Kier alpha value is -0.770. The van der Waals surface area contributed by atoms with Crippen LogP contribution in [0.4, 0.5) is 4.79 Å². The Bertz CT molecular complexity index is 114. The van der Waals surface area contributed by atoms with Crippen molar-refractivity contribution < 1.29 is 4.79 Å². The monoisotopic (exact) mass is 159 g/mol. The minimum Gasteiger partial charge on any atom is -0.341 e. The fourth-order valence-corrected chi connectivity index (χ4v) is 0.625. The quantitative estimate of drug-likeness (QED) is 0.502. The summed E-state index contributed by atoms with van der Waals surface area (Å²) in [6.45, 7) is 5.61. The maximum absolute atomic E-state index is 10.6. The Balaban J connectivity index is 3.08. The van der Waals surface area contributed by atoms with Gasteiger partial charge in [-0.1, -0.05) is 13.8 Å². The lowest BCUT2D eigenvalue weighted by molar-refractivity contribution is 0.243. The molecule has 0 aromatic carbocycles. The summed E-state index contributed by atoms with van der Waals surface area (Å²) in [6.07, 6.45) is 0. The number of hydrogen-bond donors (Lipinski definition) is 3. The second-order valence-electron chi connectivity index (χ2n) is 2.61. The van der Waals surface area contributed by atoms with Crippen LogP contribution in [0.25, 0.3) is 0 Å². The number of rotatable bonds is 4. The Labute approximate surface area is 67.7 Å². The SMILES string of the molecule is CNC(=O)NCCNC(C)C. The summed E-state index contributed by atoms with van der Waals surface area (Å²) in [5.41, 5.74) is 0. The van der Waals surface area contributed by atoms with Crippen LogP contribution < -0.4 is 16.0 Å².